The van der Waals surface area contributed by atoms with Crippen LogP contribution >= 0.6 is 22.6 Å². The van der Waals surface area contributed by atoms with Crippen molar-refractivity contribution in [3.8, 4) is 11.5 Å². The summed E-state index contributed by atoms with van der Waals surface area (Å²) in [5.74, 6) is -6.13. The van der Waals surface area contributed by atoms with Gasteiger partial charge in [-0.05, 0) is 96.8 Å². The fourth-order valence-electron chi connectivity index (χ4n) is 6.52. The highest BCUT2D eigenvalue weighted by molar-refractivity contribution is 14.1. The van der Waals surface area contributed by atoms with Gasteiger partial charge in [0.1, 0.15) is 11.5 Å². The first-order valence-electron chi connectivity index (χ1n) is 12.8. The second-order valence-electron chi connectivity index (χ2n) is 10.5. The van der Waals surface area contributed by atoms with E-state index < -0.39 is 59.0 Å². The van der Waals surface area contributed by atoms with E-state index >= 15 is 0 Å². The molecule has 2 aromatic carbocycles. The van der Waals surface area contributed by atoms with Crippen LogP contribution in [0.5, 0.6) is 11.5 Å². The number of phenolic OH excluding ortho intramolecular Hbond substituents is 1. The van der Waals surface area contributed by atoms with Gasteiger partial charge in [0.15, 0.2) is 11.6 Å². The fourth-order valence-corrected chi connectivity index (χ4v) is 6.88. The van der Waals surface area contributed by atoms with Crippen molar-refractivity contribution >= 4 is 51.7 Å². The summed E-state index contributed by atoms with van der Waals surface area (Å²) in [6, 6.07) is 9.88. The van der Waals surface area contributed by atoms with Crippen LogP contribution < -0.4 is 9.64 Å². The number of benzene rings is 2. The van der Waals surface area contributed by atoms with E-state index in [4.69, 9.17) is 0 Å². The number of ketones is 2. The predicted molar refractivity (Wildman–Crippen MR) is 148 cm³/mol. The van der Waals surface area contributed by atoms with Crippen molar-refractivity contribution in [1.29, 1.82) is 0 Å². The number of Topliss-reactive ketones (excluding diaryl/α,β-unsaturated/α-hetero) is 1. The van der Waals surface area contributed by atoms with Crippen molar-refractivity contribution < 1.29 is 42.2 Å². The third-order valence-corrected chi connectivity index (χ3v) is 8.91. The third kappa shape index (κ3) is 4.50. The monoisotopic (exact) mass is 675 g/mol. The molecule has 1 heterocycles. The Morgan fingerprint density at radius 2 is 1.71 bits per heavy atom. The number of carbonyl (C=O) groups excluding carboxylic acids is 4. The van der Waals surface area contributed by atoms with Crippen LogP contribution in [-0.2, 0) is 19.2 Å². The zero-order chi connectivity index (χ0) is 29.4. The normalized spacial score (nSPS) is 25.9. The topological polar surface area (TPSA) is 101 Å². The maximum atomic E-state index is 13.9. The highest BCUT2D eigenvalue weighted by Crippen LogP contribution is 2.56. The molecule has 6 rings (SSSR count). The quantitative estimate of drug-likeness (QED) is 0.199. The molecule has 1 fully saturated rings. The number of hydrogen-bond acceptors (Lipinski definition) is 6. The second-order valence-corrected chi connectivity index (χ2v) is 11.7. The van der Waals surface area contributed by atoms with Crippen LogP contribution in [0.4, 0.5) is 18.9 Å². The molecule has 11 heteroatoms. The number of allylic oxidation sites excluding steroid dienone is 6. The first-order chi connectivity index (χ1) is 19.4. The molecule has 3 aliphatic carbocycles. The fraction of sp³-hybridized carbons (Fsp3) is 0.267. The lowest BCUT2D eigenvalue weighted by Gasteiger charge is -2.42. The van der Waals surface area contributed by atoms with Crippen molar-refractivity contribution in [3.05, 3.63) is 86.0 Å². The molecule has 4 unspecified atom stereocenters. The lowest BCUT2D eigenvalue weighted by atomic mass is 9.59. The smallest absolute Gasteiger partial charge is 0.508 e. The number of halogens is 4. The SMILES string of the molecule is CC1=CC(=O)C2=C(C1=O)C(c1cc(OC(F)(F)F)ccc1O)C1=CCC3C(=O)N(c4ccc(I)cc4)C(=O)C3C1C2. The largest absolute Gasteiger partial charge is 0.573 e. The average Bonchev–Trinajstić information content (AvgIpc) is 3.17. The summed E-state index contributed by atoms with van der Waals surface area (Å²) in [7, 11) is 0. The van der Waals surface area contributed by atoms with Crippen LogP contribution in [0.2, 0.25) is 0 Å². The van der Waals surface area contributed by atoms with Gasteiger partial charge in [-0.2, -0.15) is 0 Å². The summed E-state index contributed by atoms with van der Waals surface area (Å²) in [6.07, 6.45) is -1.92. The Morgan fingerprint density at radius 1 is 1.00 bits per heavy atom. The van der Waals surface area contributed by atoms with Gasteiger partial charge in [-0.3, -0.25) is 24.1 Å². The molecule has 1 aliphatic heterocycles. The number of amides is 2. The Balaban J connectivity index is 1.49. The van der Waals surface area contributed by atoms with Crippen LogP contribution in [0.1, 0.15) is 31.2 Å². The van der Waals surface area contributed by atoms with Crippen molar-refractivity contribution in [2.24, 2.45) is 17.8 Å². The maximum absolute atomic E-state index is 13.9. The Hall–Kier alpha value is -3.74. The number of fused-ring (bicyclic) bond motifs is 3. The number of hydrogen-bond donors (Lipinski definition) is 1. The van der Waals surface area contributed by atoms with Crippen LogP contribution in [0, 0.1) is 21.3 Å². The summed E-state index contributed by atoms with van der Waals surface area (Å²) in [5, 5.41) is 10.9. The predicted octanol–water partition coefficient (Wildman–Crippen LogP) is 5.53. The Labute approximate surface area is 245 Å². The van der Waals surface area contributed by atoms with Gasteiger partial charge in [0.2, 0.25) is 11.8 Å². The maximum Gasteiger partial charge on any atom is 0.573 e. The molecule has 4 aliphatic rings. The number of alkyl halides is 3. The molecular formula is C30H21F3INO6. The van der Waals surface area contributed by atoms with Crippen molar-refractivity contribution in [2.45, 2.75) is 32.0 Å². The standard InChI is InChI=1S/C30H21F3INO6/c1-13-10-23(37)21-12-19-17(7-8-18-25(19)29(40)35(28(18)39)15-4-2-14(34)3-5-15)24(26(21)27(13)38)20-11-16(6-9-22(20)36)41-30(31,32)33/h2-7,9-11,18-19,24-25,36H,8,12H2,1H3. The molecule has 2 aromatic rings. The van der Waals surface area contributed by atoms with Gasteiger partial charge in [0.25, 0.3) is 0 Å². The van der Waals surface area contributed by atoms with E-state index in [9.17, 15) is 37.5 Å². The lowest BCUT2D eigenvalue weighted by Crippen LogP contribution is -2.39. The number of rotatable bonds is 3. The Bertz CT molecular complexity index is 1640. The number of ether oxygens (including phenoxy) is 1. The van der Waals surface area contributed by atoms with Crippen molar-refractivity contribution in [1.82, 2.24) is 0 Å². The first kappa shape index (κ1) is 27.4. The molecule has 7 nitrogen and oxygen atoms in total. The number of imide groups is 1. The molecule has 0 radical (unpaired) electrons. The minimum atomic E-state index is -5.00. The number of anilines is 1. The second kappa shape index (κ2) is 9.68. The number of carbonyl (C=O) groups is 4. The van der Waals surface area contributed by atoms with Crippen LogP contribution in [0.25, 0.3) is 0 Å². The van der Waals surface area contributed by atoms with E-state index in [0.717, 1.165) is 26.7 Å². The molecule has 2 amide bonds. The molecule has 210 valence electrons. The molecule has 0 saturated carbocycles. The van der Waals surface area contributed by atoms with E-state index in [-0.39, 0.29) is 41.0 Å². The van der Waals surface area contributed by atoms with E-state index in [1.165, 1.54) is 13.0 Å². The number of aromatic hydroxyl groups is 1. The van der Waals surface area contributed by atoms with E-state index in [1.54, 1.807) is 30.3 Å². The summed E-state index contributed by atoms with van der Waals surface area (Å²) in [5.41, 5.74) is 1.21. The molecule has 0 aromatic heterocycles. The third-order valence-electron chi connectivity index (χ3n) is 8.19. The summed E-state index contributed by atoms with van der Waals surface area (Å²) in [6.45, 7) is 1.47. The van der Waals surface area contributed by atoms with Gasteiger partial charge in [-0.1, -0.05) is 11.6 Å². The minimum Gasteiger partial charge on any atom is -0.508 e. The summed E-state index contributed by atoms with van der Waals surface area (Å²) in [4.78, 5) is 55.2. The molecular weight excluding hydrogens is 654 g/mol. The number of nitrogens with zero attached hydrogens (tertiary/aromatic N) is 1. The van der Waals surface area contributed by atoms with Gasteiger partial charge in [0, 0.05) is 31.8 Å². The van der Waals surface area contributed by atoms with Crippen LogP contribution in [-0.4, -0.2) is 34.8 Å². The van der Waals surface area contributed by atoms with Gasteiger partial charge >= 0.3 is 6.36 Å². The van der Waals surface area contributed by atoms with E-state index in [0.29, 0.717) is 11.3 Å². The zero-order valence-electron chi connectivity index (χ0n) is 21.4. The molecule has 1 N–H and O–H groups in total. The van der Waals surface area contributed by atoms with Gasteiger partial charge in [0.05, 0.1) is 17.5 Å². The highest BCUT2D eigenvalue weighted by Gasteiger charge is 2.57. The molecule has 1 saturated heterocycles. The van der Waals surface area contributed by atoms with Crippen LogP contribution in [0.15, 0.2) is 76.9 Å². The van der Waals surface area contributed by atoms with E-state index in [2.05, 4.69) is 27.3 Å². The number of phenols is 1. The average molecular weight is 675 g/mol. The van der Waals surface area contributed by atoms with Gasteiger partial charge in [-0.25, -0.2) is 0 Å². The minimum absolute atomic E-state index is 0.00619. The lowest BCUT2D eigenvalue weighted by molar-refractivity contribution is -0.274. The highest BCUT2D eigenvalue weighted by atomic mass is 127. The van der Waals surface area contributed by atoms with Crippen molar-refractivity contribution in [3.63, 3.8) is 0 Å². The van der Waals surface area contributed by atoms with Gasteiger partial charge in [-0.15, -0.1) is 13.2 Å². The molecule has 0 bridgehead atoms. The van der Waals surface area contributed by atoms with Crippen LogP contribution in [0.3, 0.4) is 0 Å². The van der Waals surface area contributed by atoms with Gasteiger partial charge < -0.3 is 9.84 Å². The van der Waals surface area contributed by atoms with Crippen molar-refractivity contribution in [2.75, 3.05) is 4.90 Å². The summed E-state index contributed by atoms with van der Waals surface area (Å²) < 4.78 is 44.2. The zero-order valence-corrected chi connectivity index (χ0v) is 23.5. The van der Waals surface area contributed by atoms with E-state index in [1.807, 2.05) is 0 Å². The molecule has 41 heavy (non-hydrogen) atoms. The summed E-state index contributed by atoms with van der Waals surface area (Å²) >= 11 is 2.11. The Morgan fingerprint density at radius 3 is 2.39 bits per heavy atom. The first-order valence-corrected chi connectivity index (χ1v) is 13.9. The Kier molecular flexibility index (Phi) is 6.47. The molecule has 4 atom stereocenters. The molecule has 0 spiro atoms.